The van der Waals surface area contributed by atoms with Crippen LogP contribution in [0.1, 0.15) is 35.3 Å². The molecule has 0 radical (unpaired) electrons. The summed E-state index contributed by atoms with van der Waals surface area (Å²) >= 11 is 0. The van der Waals surface area contributed by atoms with Crippen LogP contribution in [0, 0.1) is 0 Å². The summed E-state index contributed by atoms with van der Waals surface area (Å²) in [7, 11) is 0. The molecular weight excluding hydrogens is 368 g/mol. The van der Waals surface area contributed by atoms with Gasteiger partial charge in [0.15, 0.2) is 5.65 Å². The van der Waals surface area contributed by atoms with Crippen molar-refractivity contribution in [3.05, 3.63) is 54.2 Å². The summed E-state index contributed by atoms with van der Waals surface area (Å²) in [5, 5.41) is 12.4. The summed E-state index contributed by atoms with van der Waals surface area (Å²) < 4.78 is 1.92. The highest BCUT2D eigenvalue weighted by molar-refractivity contribution is 5.96. The van der Waals surface area contributed by atoms with Crippen molar-refractivity contribution in [2.45, 2.75) is 31.8 Å². The molecule has 152 valence electrons. The van der Waals surface area contributed by atoms with Crippen LogP contribution in [0.15, 0.2) is 43.0 Å². The lowest BCUT2D eigenvalue weighted by atomic mass is 10.0. The number of rotatable bonds is 7. The van der Waals surface area contributed by atoms with Crippen molar-refractivity contribution in [1.29, 1.82) is 0 Å². The van der Waals surface area contributed by atoms with Gasteiger partial charge in [0, 0.05) is 31.5 Å². The second-order valence-electron chi connectivity index (χ2n) is 7.38. The van der Waals surface area contributed by atoms with Gasteiger partial charge in [-0.3, -0.25) is 14.7 Å². The minimum atomic E-state index is -0.156. The third-order valence-electron chi connectivity index (χ3n) is 5.42. The summed E-state index contributed by atoms with van der Waals surface area (Å²) in [5.74, 6) is -0.156. The van der Waals surface area contributed by atoms with Crippen molar-refractivity contribution in [2.24, 2.45) is 0 Å². The van der Waals surface area contributed by atoms with Gasteiger partial charge >= 0.3 is 0 Å². The molecular formula is C21H26N6O2. The Morgan fingerprint density at radius 2 is 2.17 bits per heavy atom. The van der Waals surface area contributed by atoms with Crippen LogP contribution in [-0.4, -0.2) is 67.7 Å². The number of nitrogens with zero attached hydrogens (tertiary/aromatic N) is 5. The smallest absolute Gasteiger partial charge is 0.252 e. The Labute approximate surface area is 169 Å². The number of aliphatic hydroxyl groups excluding tert-OH is 1. The molecule has 0 aliphatic carbocycles. The molecule has 0 aromatic carbocycles. The third kappa shape index (κ3) is 4.60. The van der Waals surface area contributed by atoms with Crippen LogP contribution in [-0.2, 0) is 6.54 Å². The average Bonchev–Trinajstić information content (AvgIpc) is 3.16. The monoisotopic (exact) mass is 394 g/mol. The molecule has 1 amide bonds. The first-order chi connectivity index (χ1) is 14.2. The fourth-order valence-corrected chi connectivity index (χ4v) is 3.83. The van der Waals surface area contributed by atoms with Gasteiger partial charge in [-0.1, -0.05) is 12.5 Å². The van der Waals surface area contributed by atoms with Crippen LogP contribution in [0.4, 0.5) is 0 Å². The number of pyridine rings is 2. The molecule has 0 saturated carbocycles. The zero-order valence-electron chi connectivity index (χ0n) is 16.4. The lowest BCUT2D eigenvalue weighted by Crippen LogP contribution is -2.45. The summed E-state index contributed by atoms with van der Waals surface area (Å²) in [5.41, 5.74) is 2.84. The number of hydrogen-bond acceptors (Lipinski definition) is 6. The predicted octanol–water partition coefficient (Wildman–Crippen LogP) is 1.45. The third-order valence-corrected chi connectivity index (χ3v) is 5.42. The molecule has 8 nitrogen and oxygen atoms in total. The van der Waals surface area contributed by atoms with E-state index in [1.165, 1.54) is 0 Å². The molecule has 1 atom stereocenters. The van der Waals surface area contributed by atoms with Gasteiger partial charge in [-0.25, -0.2) is 9.97 Å². The molecule has 1 aliphatic rings. The van der Waals surface area contributed by atoms with E-state index in [2.05, 4.69) is 25.2 Å². The number of likely N-dealkylation sites (tertiary alicyclic amines) is 1. The number of aliphatic hydroxyl groups is 1. The highest BCUT2D eigenvalue weighted by Gasteiger charge is 2.21. The van der Waals surface area contributed by atoms with E-state index in [0.717, 1.165) is 43.7 Å². The van der Waals surface area contributed by atoms with Crippen LogP contribution in [0.2, 0.25) is 0 Å². The first-order valence-electron chi connectivity index (χ1n) is 10.1. The van der Waals surface area contributed by atoms with Gasteiger partial charge in [-0.2, -0.15) is 0 Å². The first-order valence-corrected chi connectivity index (χ1v) is 10.1. The summed E-state index contributed by atoms with van der Waals surface area (Å²) in [6.45, 7) is 3.02. The van der Waals surface area contributed by atoms with Crippen molar-refractivity contribution in [1.82, 2.24) is 29.7 Å². The normalized spacial score (nSPS) is 17.5. The van der Waals surface area contributed by atoms with E-state index in [4.69, 9.17) is 0 Å². The predicted molar refractivity (Wildman–Crippen MR) is 109 cm³/mol. The summed E-state index contributed by atoms with van der Waals surface area (Å²) in [4.78, 5) is 27.9. The highest BCUT2D eigenvalue weighted by Crippen LogP contribution is 2.16. The molecule has 3 aromatic rings. The molecule has 29 heavy (non-hydrogen) atoms. The number of amides is 1. The summed E-state index contributed by atoms with van der Waals surface area (Å²) in [6.07, 6.45) is 8.40. The molecule has 1 saturated heterocycles. The average molecular weight is 394 g/mol. The maximum absolute atomic E-state index is 12.5. The van der Waals surface area contributed by atoms with Crippen molar-refractivity contribution in [2.75, 3.05) is 26.2 Å². The van der Waals surface area contributed by atoms with Crippen molar-refractivity contribution >= 4 is 17.1 Å². The number of carbonyl (C=O) groups is 1. The van der Waals surface area contributed by atoms with E-state index in [0.29, 0.717) is 24.2 Å². The van der Waals surface area contributed by atoms with E-state index in [-0.39, 0.29) is 18.6 Å². The number of fused-ring (bicyclic) bond motifs is 1. The highest BCUT2D eigenvalue weighted by atomic mass is 16.3. The minimum absolute atomic E-state index is 0.156. The number of piperidine rings is 1. The first kappa shape index (κ1) is 19.5. The Kier molecular flexibility index (Phi) is 6.12. The standard InChI is InChI=1S/C21H26N6O2/c28-14-18-6-2-4-9-26(18)10-8-23-21(29)16-11-19-20(24-12-16)27(15-25-19)13-17-5-1-3-7-22-17/h1,3,5,7,11-12,15,18,28H,2,4,6,8-10,13-14H2,(H,23,29). The van der Waals surface area contributed by atoms with Gasteiger partial charge in [0.25, 0.3) is 5.91 Å². The topological polar surface area (TPSA) is 96.2 Å². The Morgan fingerprint density at radius 1 is 1.24 bits per heavy atom. The Bertz CT molecular complexity index is 958. The second-order valence-corrected chi connectivity index (χ2v) is 7.38. The lowest BCUT2D eigenvalue weighted by molar-refractivity contribution is 0.0849. The van der Waals surface area contributed by atoms with E-state index in [1.54, 1.807) is 24.8 Å². The maximum atomic E-state index is 12.5. The second kappa shape index (κ2) is 9.11. The van der Waals surface area contributed by atoms with Gasteiger partial charge < -0.3 is 15.0 Å². The van der Waals surface area contributed by atoms with Gasteiger partial charge in [-0.05, 0) is 37.6 Å². The van der Waals surface area contributed by atoms with Crippen molar-refractivity contribution in [3.8, 4) is 0 Å². The number of hydrogen-bond donors (Lipinski definition) is 2. The van der Waals surface area contributed by atoms with Gasteiger partial charge in [0.05, 0.1) is 30.7 Å². The molecule has 3 aromatic heterocycles. The fourth-order valence-electron chi connectivity index (χ4n) is 3.83. The maximum Gasteiger partial charge on any atom is 0.252 e. The number of imidazole rings is 1. The zero-order chi connectivity index (χ0) is 20.1. The van der Waals surface area contributed by atoms with Crippen molar-refractivity contribution in [3.63, 3.8) is 0 Å². The molecule has 8 heteroatoms. The zero-order valence-corrected chi connectivity index (χ0v) is 16.4. The Balaban J connectivity index is 1.37. The van der Waals surface area contributed by atoms with Crippen LogP contribution in [0.25, 0.3) is 11.2 Å². The van der Waals surface area contributed by atoms with E-state index < -0.39 is 0 Å². The number of carbonyl (C=O) groups excluding carboxylic acids is 1. The summed E-state index contributed by atoms with van der Waals surface area (Å²) in [6, 6.07) is 7.76. The van der Waals surface area contributed by atoms with E-state index in [9.17, 15) is 9.90 Å². The fraction of sp³-hybridized carbons (Fsp3) is 0.429. The van der Waals surface area contributed by atoms with Crippen LogP contribution in [0.5, 0.6) is 0 Å². The molecule has 4 rings (SSSR count). The minimum Gasteiger partial charge on any atom is -0.395 e. The largest absolute Gasteiger partial charge is 0.395 e. The molecule has 0 bridgehead atoms. The van der Waals surface area contributed by atoms with E-state index >= 15 is 0 Å². The van der Waals surface area contributed by atoms with Gasteiger partial charge in [0.2, 0.25) is 0 Å². The Hall–Kier alpha value is -2.84. The molecule has 0 spiro atoms. The molecule has 1 fully saturated rings. The molecule has 2 N–H and O–H groups in total. The lowest BCUT2D eigenvalue weighted by Gasteiger charge is -2.34. The quantitative estimate of drug-likeness (QED) is 0.630. The van der Waals surface area contributed by atoms with Crippen LogP contribution < -0.4 is 5.32 Å². The van der Waals surface area contributed by atoms with Crippen LogP contribution >= 0.6 is 0 Å². The number of aromatic nitrogens is 4. The SMILES string of the molecule is O=C(NCCN1CCCCC1CO)c1cnc2c(c1)ncn2Cc1ccccn1. The van der Waals surface area contributed by atoms with E-state index in [1.807, 2.05) is 22.8 Å². The molecule has 1 unspecified atom stereocenters. The number of nitrogens with one attached hydrogen (secondary N) is 1. The van der Waals surface area contributed by atoms with Crippen LogP contribution in [0.3, 0.4) is 0 Å². The van der Waals surface area contributed by atoms with Crippen molar-refractivity contribution < 1.29 is 9.90 Å². The molecule has 1 aliphatic heterocycles. The van der Waals surface area contributed by atoms with Gasteiger partial charge in [0.1, 0.15) is 5.52 Å². The molecule has 4 heterocycles. The Morgan fingerprint density at radius 3 is 3.00 bits per heavy atom. The van der Waals surface area contributed by atoms with Gasteiger partial charge in [-0.15, -0.1) is 0 Å².